The highest BCUT2D eigenvalue weighted by atomic mass is 35.5. The fraction of sp³-hybridized carbons (Fsp3) is 0.0833. The van der Waals surface area contributed by atoms with Gasteiger partial charge in [-0.1, -0.05) is 53.5 Å². The first-order valence-corrected chi connectivity index (χ1v) is 10.8. The highest BCUT2D eigenvalue weighted by Gasteiger charge is 2.36. The largest absolute Gasteiger partial charge is 0.486 e. The van der Waals surface area contributed by atoms with Gasteiger partial charge in [-0.05, 0) is 65.8 Å². The Morgan fingerprint density at radius 2 is 1.72 bits per heavy atom. The van der Waals surface area contributed by atoms with E-state index in [1.807, 2.05) is 30.3 Å². The predicted molar refractivity (Wildman–Crippen MR) is 129 cm³/mol. The molecule has 3 aromatic rings. The van der Waals surface area contributed by atoms with Gasteiger partial charge in [0.2, 0.25) is 0 Å². The van der Waals surface area contributed by atoms with Crippen molar-refractivity contribution < 1.29 is 13.9 Å². The average Bonchev–Trinajstić information content (AvgIpc) is 2.97. The Bertz CT molecular complexity index is 1210. The van der Waals surface area contributed by atoms with Gasteiger partial charge < -0.3 is 9.64 Å². The van der Waals surface area contributed by atoms with Crippen LogP contribution in [0.3, 0.4) is 0 Å². The number of anilines is 1. The first kappa shape index (κ1) is 22.3. The molecule has 1 heterocycles. The van der Waals surface area contributed by atoms with E-state index < -0.39 is 0 Å². The Labute approximate surface area is 200 Å². The van der Waals surface area contributed by atoms with Crippen LogP contribution in [0.1, 0.15) is 11.1 Å². The van der Waals surface area contributed by atoms with Crippen LogP contribution in [0.5, 0.6) is 5.75 Å². The van der Waals surface area contributed by atoms with E-state index in [0.29, 0.717) is 27.6 Å². The number of para-hydroxylation sites is 1. The van der Waals surface area contributed by atoms with Crippen LogP contribution in [-0.2, 0) is 11.4 Å². The van der Waals surface area contributed by atoms with Crippen LogP contribution in [0.2, 0.25) is 10.0 Å². The van der Waals surface area contributed by atoms with Gasteiger partial charge >= 0.3 is 0 Å². The standard InChI is InChI=1S/C24H17Cl2FN2O2S/c1-28-21(23(30)29(24(28)32)18-8-3-2-4-9-18)13-16-11-19(25)22(20(26)12-16)31-14-15-6-5-7-17(27)10-15/h2-13H,14H2,1H3/b21-13-. The van der Waals surface area contributed by atoms with E-state index in [0.717, 1.165) is 0 Å². The molecule has 0 bridgehead atoms. The highest BCUT2D eigenvalue weighted by molar-refractivity contribution is 7.80. The molecule has 0 aliphatic carbocycles. The number of likely N-dealkylation sites (N-methyl/N-ethyl adjacent to an activating group) is 1. The molecule has 0 aromatic heterocycles. The quantitative estimate of drug-likeness (QED) is 0.312. The maximum atomic E-state index is 13.4. The summed E-state index contributed by atoms with van der Waals surface area (Å²) in [7, 11) is 1.73. The minimum absolute atomic E-state index is 0.110. The summed E-state index contributed by atoms with van der Waals surface area (Å²) in [5.74, 6) is -0.312. The summed E-state index contributed by atoms with van der Waals surface area (Å²) in [6, 6.07) is 18.6. The summed E-state index contributed by atoms with van der Waals surface area (Å²) in [5, 5.41) is 0.923. The van der Waals surface area contributed by atoms with Crippen molar-refractivity contribution in [3.8, 4) is 5.75 Å². The Balaban J connectivity index is 1.59. The number of hydrogen-bond donors (Lipinski definition) is 0. The van der Waals surface area contributed by atoms with E-state index in [2.05, 4.69) is 0 Å². The second kappa shape index (κ2) is 9.28. The summed E-state index contributed by atoms with van der Waals surface area (Å²) in [6.07, 6.45) is 1.67. The predicted octanol–water partition coefficient (Wildman–Crippen LogP) is 6.32. The molecular formula is C24H17Cl2FN2O2S. The van der Waals surface area contributed by atoms with Crippen molar-refractivity contribution in [3.63, 3.8) is 0 Å². The molecule has 3 aromatic carbocycles. The first-order valence-electron chi connectivity index (χ1n) is 9.60. The molecule has 1 aliphatic rings. The van der Waals surface area contributed by atoms with Gasteiger partial charge in [-0.25, -0.2) is 4.39 Å². The van der Waals surface area contributed by atoms with Crippen LogP contribution in [0.4, 0.5) is 10.1 Å². The smallest absolute Gasteiger partial charge is 0.281 e. The summed E-state index contributed by atoms with van der Waals surface area (Å²) in [4.78, 5) is 16.2. The minimum Gasteiger partial charge on any atom is -0.486 e. The van der Waals surface area contributed by atoms with Gasteiger partial charge in [-0.15, -0.1) is 0 Å². The van der Waals surface area contributed by atoms with Crippen molar-refractivity contribution in [3.05, 3.63) is 99.4 Å². The van der Waals surface area contributed by atoms with E-state index >= 15 is 0 Å². The summed E-state index contributed by atoms with van der Waals surface area (Å²) in [5.41, 5.74) is 2.34. The summed E-state index contributed by atoms with van der Waals surface area (Å²) < 4.78 is 19.1. The minimum atomic E-state index is -0.349. The monoisotopic (exact) mass is 486 g/mol. The number of amides is 1. The third kappa shape index (κ3) is 4.48. The molecule has 162 valence electrons. The lowest BCUT2D eigenvalue weighted by Gasteiger charge is -2.16. The molecule has 1 amide bonds. The normalized spacial score (nSPS) is 15.1. The molecule has 0 N–H and O–H groups in total. The van der Waals surface area contributed by atoms with Crippen molar-refractivity contribution in [2.45, 2.75) is 6.61 Å². The van der Waals surface area contributed by atoms with Gasteiger partial charge in [-0.2, -0.15) is 0 Å². The second-order valence-corrected chi connectivity index (χ2v) is 8.26. The van der Waals surface area contributed by atoms with E-state index in [1.165, 1.54) is 17.0 Å². The van der Waals surface area contributed by atoms with Crippen molar-refractivity contribution in [1.29, 1.82) is 0 Å². The van der Waals surface area contributed by atoms with Gasteiger partial charge in [0.1, 0.15) is 18.1 Å². The zero-order chi connectivity index (χ0) is 22.8. The van der Waals surface area contributed by atoms with Crippen molar-refractivity contribution >= 4 is 58.2 Å². The van der Waals surface area contributed by atoms with Gasteiger partial charge in [0.15, 0.2) is 10.9 Å². The molecule has 0 atom stereocenters. The molecule has 0 radical (unpaired) electrons. The fourth-order valence-corrected chi connectivity index (χ4v) is 4.20. The lowest BCUT2D eigenvalue weighted by atomic mass is 10.1. The average molecular weight is 487 g/mol. The van der Waals surface area contributed by atoms with Crippen molar-refractivity contribution in [2.24, 2.45) is 0 Å². The molecule has 32 heavy (non-hydrogen) atoms. The Morgan fingerprint density at radius 1 is 1.03 bits per heavy atom. The van der Waals surface area contributed by atoms with Crippen molar-refractivity contribution in [1.82, 2.24) is 4.90 Å². The SMILES string of the molecule is CN1C(=S)N(c2ccccc2)C(=O)/C1=C/c1cc(Cl)c(OCc2cccc(F)c2)c(Cl)c1. The van der Waals surface area contributed by atoms with E-state index in [9.17, 15) is 9.18 Å². The van der Waals surface area contributed by atoms with E-state index in [-0.39, 0.29) is 34.1 Å². The molecule has 8 heteroatoms. The van der Waals surface area contributed by atoms with Gasteiger partial charge in [0.25, 0.3) is 5.91 Å². The van der Waals surface area contributed by atoms with Crippen LogP contribution < -0.4 is 9.64 Å². The van der Waals surface area contributed by atoms with E-state index in [1.54, 1.807) is 42.3 Å². The van der Waals surface area contributed by atoms with Crippen LogP contribution in [0, 0.1) is 5.82 Å². The molecule has 0 spiro atoms. The number of carbonyl (C=O) groups excluding carboxylic acids is 1. The zero-order valence-corrected chi connectivity index (χ0v) is 19.2. The molecule has 1 fully saturated rings. The summed E-state index contributed by atoms with van der Waals surface area (Å²) in [6.45, 7) is 0.110. The molecule has 0 unspecified atom stereocenters. The van der Waals surface area contributed by atoms with Gasteiger partial charge in [-0.3, -0.25) is 9.69 Å². The maximum Gasteiger partial charge on any atom is 0.281 e. The number of ether oxygens (including phenoxy) is 1. The second-order valence-electron chi connectivity index (χ2n) is 7.08. The lowest BCUT2D eigenvalue weighted by Crippen LogP contribution is -2.30. The third-order valence-corrected chi connectivity index (χ3v) is 5.89. The molecule has 4 rings (SSSR count). The number of benzene rings is 3. The Morgan fingerprint density at radius 3 is 2.38 bits per heavy atom. The van der Waals surface area contributed by atoms with Crippen LogP contribution >= 0.6 is 35.4 Å². The number of nitrogens with zero attached hydrogens (tertiary/aromatic N) is 2. The third-order valence-electron chi connectivity index (χ3n) is 4.87. The van der Waals surface area contributed by atoms with Crippen LogP contribution in [-0.4, -0.2) is 23.0 Å². The molecule has 1 aliphatic heterocycles. The Hall–Kier alpha value is -2.93. The molecule has 1 saturated heterocycles. The van der Waals surface area contributed by atoms with E-state index in [4.69, 9.17) is 40.2 Å². The van der Waals surface area contributed by atoms with Crippen LogP contribution in [0.25, 0.3) is 6.08 Å². The topological polar surface area (TPSA) is 32.8 Å². The molecular weight excluding hydrogens is 470 g/mol. The Kier molecular flexibility index (Phi) is 6.46. The van der Waals surface area contributed by atoms with Crippen molar-refractivity contribution in [2.75, 3.05) is 11.9 Å². The molecule has 0 saturated carbocycles. The number of thiocarbonyl (C=S) groups is 1. The number of carbonyl (C=O) groups is 1. The number of hydrogen-bond acceptors (Lipinski definition) is 3. The van der Waals surface area contributed by atoms with Gasteiger partial charge in [0, 0.05) is 7.05 Å². The lowest BCUT2D eigenvalue weighted by molar-refractivity contribution is -0.114. The maximum absolute atomic E-state index is 13.4. The fourth-order valence-electron chi connectivity index (χ4n) is 3.30. The highest BCUT2D eigenvalue weighted by Crippen LogP contribution is 2.36. The van der Waals surface area contributed by atoms with Crippen LogP contribution in [0.15, 0.2) is 72.4 Å². The first-order chi connectivity index (χ1) is 15.3. The number of rotatable bonds is 5. The van der Waals surface area contributed by atoms with Gasteiger partial charge in [0.05, 0.1) is 15.7 Å². The number of halogens is 3. The summed E-state index contributed by atoms with van der Waals surface area (Å²) >= 11 is 18.3. The molecule has 4 nitrogen and oxygen atoms in total. The zero-order valence-electron chi connectivity index (χ0n) is 16.9.